The maximum absolute atomic E-state index is 13.0. The van der Waals surface area contributed by atoms with Crippen LogP contribution in [0.25, 0.3) is 0 Å². The Kier molecular flexibility index (Phi) is 58.3. The molecule has 0 saturated heterocycles. The highest BCUT2D eigenvalue weighted by Gasteiger charge is 2.30. The fourth-order valence-electron chi connectivity index (χ4n) is 9.90. The highest BCUT2D eigenvalue weighted by molar-refractivity contribution is 7.47. The van der Waals surface area contributed by atoms with Crippen molar-refractivity contribution in [1.29, 1.82) is 0 Å². The molecule has 0 saturated carbocycles. The van der Waals surface area contributed by atoms with Crippen molar-refractivity contribution in [2.24, 2.45) is 5.92 Å². The first kappa shape index (κ1) is 83.1. The fraction of sp³-hybridized carbons (Fsp3) is 0.939. The first-order valence-corrected chi connectivity index (χ1v) is 37.7. The zero-order chi connectivity index (χ0) is 62.8. The molecule has 3 N–H and O–H groups in total. The predicted octanol–water partition coefficient (Wildman–Crippen LogP) is 18.6. The van der Waals surface area contributed by atoms with Gasteiger partial charge in [0.1, 0.15) is 19.3 Å². The zero-order valence-corrected chi connectivity index (χ0v) is 56.5. The summed E-state index contributed by atoms with van der Waals surface area (Å²) in [6, 6.07) is 0. The number of carbonyl (C=O) groups excluding carboxylic acids is 4. The summed E-state index contributed by atoms with van der Waals surface area (Å²) in [7, 11) is -9.89. The van der Waals surface area contributed by atoms with Gasteiger partial charge in [-0.3, -0.25) is 37.3 Å². The molecule has 85 heavy (non-hydrogen) atoms. The van der Waals surface area contributed by atoms with Crippen molar-refractivity contribution in [3.05, 3.63) is 0 Å². The third-order valence-corrected chi connectivity index (χ3v) is 17.5. The van der Waals surface area contributed by atoms with E-state index in [4.69, 9.17) is 37.0 Å². The van der Waals surface area contributed by atoms with Crippen molar-refractivity contribution in [3.8, 4) is 0 Å². The Morgan fingerprint density at radius 3 is 0.835 bits per heavy atom. The van der Waals surface area contributed by atoms with E-state index in [1.807, 2.05) is 0 Å². The first-order valence-electron chi connectivity index (χ1n) is 34.7. The summed E-state index contributed by atoms with van der Waals surface area (Å²) >= 11 is 0. The Morgan fingerprint density at radius 1 is 0.329 bits per heavy atom. The Bertz CT molecular complexity index is 1650. The maximum atomic E-state index is 13.0. The third-order valence-electron chi connectivity index (χ3n) is 15.6. The van der Waals surface area contributed by atoms with Crippen LogP contribution in [-0.2, 0) is 65.4 Å². The normalized spacial score (nSPS) is 14.5. The van der Waals surface area contributed by atoms with Crippen LogP contribution >= 0.6 is 15.6 Å². The molecule has 0 aromatic carbocycles. The largest absolute Gasteiger partial charge is 0.472 e. The van der Waals surface area contributed by atoms with Gasteiger partial charge in [0.2, 0.25) is 0 Å². The Balaban J connectivity index is 5.24. The van der Waals surface area contributed by atoms with Crippen molar-refractivity contribution < 1.29 is 80.2 Å². The molecule has 19 heteroatoms. The van der Waals surface area contributed by atoms with Gasteiger partial charge < -0.3 is 33.8 Å². The van der Waals surface area contributed by atoms with E-state index in [0.29, 0.717) is 25.7 Å². The number of aliphatic hydroxyl groups is 1. The maximum Gasteiger partial charge on any atom is 0.472 e. The number of hydrogen-bond donors (Lipinski definition) is 3. The SMILES string of the molecule is CCCCCCCCCCCCCCCCC(=O)O[C@H](COC(=O)CCCCCCCCCCCCC)COP(=O)(O)OC[C@@H](O)COP(=O)(O)OC[C@@H](COC(=O)CCCCCCCCCCCC)OC(=O)CCCCCCCCC(C)CC. The van der Waals surface area contributed by atoms with Crippen LogP contribution in [0.1, 0.15) is 336 Å². The minimum Gasteiger partial charge on any atom is -0.462 e. The van der Waals surface area contributed by atoms with Crippen molar-refractivity contribution in [2.45, 2.75) is 355 Å². The van der Waals surface area contributed by atoms with Gasteiger partial charge in [-0.15, -0.1) is 0 Å². The molecule has 0 aliphatic carbocycles. The number of unbranched alkanes of at least 4 members (excludes halogenated alkanes) is 37. The van der Waals surface area contributed by atoms with Crippen LogP contribution in [0.2, 0.25) is 0 Å². The summed E-state index contributed by atoms with van der Waals surface area (Å²) in [5.74, 6) is -1.41. The van der Waals surface area contributed by atoms with Crippen LogP contribution in [0.15, 0.2) is 0 Å². The topological polar surface area (TPSA) is 237 Å². The Hall–Kier alpha value is -1.94. The van der Waals surface area contributed by atoms with E-state index in [9.17, 15) is 43.2 Å². The molecule has 0 fully saturated rings. The third kappa shape index (κ3) is 59.5. The quantitative estimate of drug-likeness (QED) is 0.0222. The second-order valence-electron chi connectivity index (χ2n) is 24.1. The minimum atomic E-state index is -4.95. The molecule has 6 atom stereocenters. The number of aliphatic hydroxyl groups excluding tert-OH is 1. The molecule has 0 bridgehead atoms. The molecule has 0 radical (unpaired) electrons. The second kappa shape index (κ2) is 59.7. The molecular formula is C66H128O17P2. The lowest BCUT2D eigenvalue weighted by molar-refractivity contribution is -0.161. The average molecular weight is 1260 g/mol. The van der Waals surface area contributed by atoms with Crippen molar-refractivity contribution in [2.75, 3.05) is 39.6 Å². The molecule has 0 amide bonds. The van der Waals surface area contributed by atoms with E-state index in [0.717, 1.165) is 95.8 Å². The number of hydrogen-bond acceptors (Lipinski definition) is 15. The zero-order valence-electron chi connectivity index (χ0n) is 54.7. The van der Waals surface area contributed by atoms with Gasteiger partial charge in [-0.25, -0.2) is 9.13 Å². The van der Waals surface area contributed by atoms with Crippen LogP contribution in [-0.4, -0.2) is 96.7 Å². The van der Waals surface area contributed by atoms with Gasteiger partial charge >= 0.3 is 39.5 Å². The lowest BCUT2D eigenvalue weighted by Gasteiger charge is -2.21. The number of phosphoric ester groups is 2. The first-order chi connectivity index (χ1) is 41.1. The summed E-state index contributed by atoms with van der Waals surface area (Å²) in [5.41, 5.74) is 0. The van der Waals surface area contributed by atoms with Gasteiger partial charge in [-0.05, 0) is 31.6 Å². The van der Waals surface area contributed by atoms with E-state index in [2.05, 4.69) is 34.6 Å². The minimum absolute atomic E-state index is 0.103. The molecule has 504 valence electrons. The Morgan fingerprint density at radius 2 is 0.565 bits per heavy atom. The molecular weight excluding hydrogens is 1130 g/mol. The smallest absolute Gasteiger partial charge is 0.462 e. The average Bonchev–Trinajstić information content (AvgIpc) is 3.54. The summed E-state index contributed by atoms with van der Waals surface area (Å²) in [4.78, 5) is 72.3. The van der Waals surface area contributed by atoms with Gasteiger partial charge in [0.05, 0.1) is 26.4 Å². The number of phosphoric acid groups is 2. The number of ether oxygens (including phenoxy) is 4. The molecule has 0 aromatic heterocycles. The summed E-state index contributed by atoms with van der Waals surface area (Å²) in [6.07, 6.45) is 44.3. The van der Waals surface area contributed by atoms with Gasteiger partial charge in [0.25, 0.3) is 0 Å². The lowest BCUT2D eigenvalue weighted by Crippen LogP contribution is -2.30. The second-order valence-corrected chi connectivity index (χ2v) is 27.0. The monoisotopic (exact) mass is 1250 g/mol. The van der Waals surface area contributed by atoms with E-state index in [1.54, 1.807) is 0 Å². The summed E-state index contributed by atoms with van der Waals surface area (Å²) < 4.78 is 68.1. The molecule has 0 rings (SSSR count). The van der Waals surface area contributed by atoms with Crippen LogP contribution < -0.4 is 0 Å². The fourth-order valence-corrected chi connectivity index (χ4v) is 11.5. The summed E-state index contributed by atoms with van der Waals surface area (Å²) in [6.45, 7) is 7.16. The molecule has 0 aliphatic rings. The van der Waals surface area contributed by atoms with E-state index in [1.165, 1.54) is 161 Å². The molecule has 3 unspecified atom stereocenters. The van der Waals surface area contributed by atoms with Crippen LogP contribution in [0.5, 0.6) is 0 Å². The van der Waals surface area contributed by atoms with E-state index >= 15 is 0 Å². The summed E-state index contributed by atoms with van der Waals surface area (Å²) in [5, 5.41) is 10.5. The number of esters is 4. The molecule has 0 aromatic rings. The van der Waals surface area contributed by atoms with E-state index < -0.39 is 97.5 Å². The van der Waals surface area contributed by atoms with Crippen LogP contribution in [0.3, 0.4) is 0 Å². The molecule has 17 nitrogen and oxygen atoms in total. The van der Waals surface area contributed by atoms with Crippen LogP contribution in [0, 0.1) is 5.92 Å². The van der Waals surface area contributed by atoms with Gasteiger partial charge in [0, 0.05) is 25.7 Å². The van der Waals surface area contributed by atoms with Crippen molar-refractivity contribution in [3.63, 3.8) is 0 Å². The van der Waals surface area contributed by atoms with E-state index in [-0.39, 0.29) is 25.7 Å². The van der Waals surface area contributed by atoms with Crippen molar-refractivity contribution >= 4 is 39.5 Å². The van der Waals surface area contributed by atoms with Crippen molar-refractivity contribution in [1.82, 2.24) is 0 Å². The highest BCUT2D eigenvalue weighted by atomic mass is 31.2. The molecule has 0 spiro atoms. The number of carbonyl (C=O) groups is 4. The Labute approximate surface area is 517 Å². The lowest BCUT2D eigenvalue weighted by atomic mass is 10.00. The van der Waals surface area contributed by atoms with Gasteiger partial charge in [-0.2, -0.15) is 0 Å². The predicted molar refractivity (Wildman–Crippen MR) is 340 cm³/mol. The standard InChI is InChI=1S/C66H128O17P2/c1-6-10-13-16-19-22-25-26-27-29-32-35-41-46-51-65(70)82-61(55-76-64(69)50-45-40-34-31-28-23-20-17-14-11-7-2)57-80-84(72,73)78-53-60(67)54-79-85(74,75)81-58-62(83-66(71)52-47-42-37-36-38-43-48-59(5)9-4)56-77-63(68)49-44-39-33-30-24-21-18-15-12-8-3/h59-62,67H,6-58H2,1-5H3,(H,72,73)(H,74,75)/t59?,60-,61-,62-/m1/s1. The number of rotatable bonds is 66. The molecule has 0 heterocycles. The van der Waals surface area contributed by atoms with Crippen LogP contribution in [0.4, 0.5) is 0 Å². The molecule has 0 aliphatic heterocycles. The van der Waals surface area contributed by atoms with Gasteiger partial charge in [-0.1, -0.05) is 285 Å². The highest BCUT2D eigenvalue weighted by Crippen LogP contribution is 2.45. The van der Waals surface area contributed by atoms with Gasteiger partial charge in [0.15, 0.2) is 12.2 Å².